The summed E-state index contributed by atoms with van der Waals surface area (Å²) in [5.74, 6) is -0.329. The van der Waals surface area contributed by atoms with Crippen molar-refractivity contribution in [2.45, 2.75) is 46.1 Å². The van der Waals surface area contributed by atoms with Crippen LogP contribution in [0.4, 0.5) is 0 Å². The third-order valence-electron chi connectivity index (χ3n) is 3.00. The first-order valence-electron chi connectivity index (χ1n) is 7.09. The molecule has 5 nitrogen and oxygen atoms in total. The van der Waals surface area contributed by atoms with Gasteiger partial charge in [-0.15, -0.1) is 0 Å². The summed E-state index contributed by atoms with van der Waals surface area (Å²) in [5, 5.41) is 11.4. The van der Waals surface area contributed by atoms with Gasteiger partial charge in [0.05, 0.1) is 0 Å². The van der Waals surface area contributed by atoms with Crippen LogP contribution in [0.3, 0.4) is 0 Å². The first-order chi connectivity index (χ1) is 9.86. The fourth-order valence-electron chi connectivity index (χ4n) is 2.11. The Hall–Kier alpha value is -2.04. The molecule has 2 N–H and O–H groups in total. The molecule has 0 aliphatic carbocycles. The molecule has 1 rings (SSSR count). The molecule has 0 heterocycles. The van der Waals surface area contributed by atoms with Gasteiger partial charge in [0.25, 0.3) is 5.91 Å². The number of hydrogen-bond acceptors (Lipinski definition) is 3. The summed E-state index contributed by atoms with van der Waals surface area (Å²) in [7, 11) is 0. The summed E-state index contributed by atoms with van der Waals surface area (Å²) in [5.41, 5.74) is 2.18. The van der Waals surface area contributed by atoms with Crippen molar-refractivity contribution in [3.63, 3.8) is 0 Å². The summed E-state index contributed by atoms with van der Waals surface area (Å²) in [6, 6.07) is 5.75. The van der Waals surface area contributed by atoms with Gasteiger partial charge in [-0.2, -0.15) is 0 Å². The van der Waals surface area contributed by atoms with Crippen molar-refractivity contribution in [2.24, 2.45) is 0 Å². The van der Waals surface area contributed by atoms with E-state index in [4.69, 9.17) is 9.84 Å². The minimum absolute atomic E-state index is 0.0356. The van der Waals surface area contributed by atoms with E-state index in [0.717, 1.165) is 11.1 Å². The van der Waals surface area contributed by atoms with Gasteiger partial charge in [0.15, 0.2) is 6.61 Å². The Kier molecular flexibility index (Phi) is 6.72. The molecule has 0 aromatic heterocycles. The van der Waals surface area contributed by atoms with Crippen LogP contribution in [0.5, 0.6) is 5.75 Å². The molecule has 116 valence electrons. The zero-order valence-electron chi connectivity index (χ0n) is 12.8. The first-order valence-corrected chi connectivity index (χ1v) is 7.09. The zero-order valence-corrected chi connectivity index (χ0v) is 12.8. The molecule has 1 atom stereocenters. The minimum atomic E-state index is -0.813. The largest absolute Gasteiger partial charge is 0.484 e. The van der Waals surface area contributed by atoms with Crippen molar-refractivity contribution >= 4 is 11.9 Å². The molecule has 0 radical (unpaired) electrons. The van der Waals surface area contributed by atoms with Crippen molar-refractivity contribution in [2.75, 3.05) is 6.61 Å². The van der Waals surface area contributed by atoms with Crippen LogP contribution in [-0.4, -0.2) is 29.6 Å². The van der Waals surface area contributed by atoms with Crippen molar-refractivity contribution in [1.82, 2.24) is 5.32 Å². The zero-order chi connectivity index (χ0) is 15.8. The Labute approximate surface area is 125 Å². The number of aliphatic carboxylic acids is 1. The molecule has 0 fully saturated rings. The van der Waals surface area contributed by atoms with Crippen LogP contribution >= 0.6 is 0 Å². The quantitative estimate of drug-likeness (QED) is 0.772. The van der Waals surface area contributed by atoms with E-state index in [1.54, 1.807) is 0 Å². The highest BCUT2D eigenvalue weighted by molar-refractivity contribution is 5.77. The molecule has 0 aliphatic heterocycles. The topological polar surface area (TPSA) is 75.6 Å². The van der Waals surface area contributed by atoms with Gasteiger partial charge < -0.3 is 15.2 Å². The Bertz CT molecular complexity index is 479. The van der Waals surface area contributed by atoms with Crippen LogP contribution in [-0.2, 0) is 9.59 Å². The highest BCUT2D eigenvalue weighted by Crippen LogP contribution is 2.15. The molecule has 0 spiro atoms. The van der Waals surface area contributed by atoms with Gasteiger partial charge in [0.1, 0.15) is 5.75 Å². The monoisotopic (exact) mass is 293 g/mol. The van der Waals surface area contributed by atoms with Gasteiger partial charge in [-0.3, -0.25) is 9.59 Å². The van der Waals surface area contributed by atoms with E-state index in [-0.39, 0.29) is 25.0 Å². The number of carboxylic acid groups (broad SMARTS) is 1. The molecule has 0 bridgehead atoms. The van der Waals surface area contributed by atoms with Crippen LogP contribution in [0.2, 0.25) is 0 Å². The molecule has 1 aromatic carbocycles. The number of amides is 1. The maximum Gasteiger partial charge on any atom is 0.303 e. The van der Waals surface area contributed by atoms with E-state index in [9.17, 15) is 9.59 Å². The highest BCUT2D eigenvalue weighted by Gasteiger charge is 2.09. The van der Waals surface area contributed by atoms with Crippen LogP contribution in [0.25, 0.3) is 0 Å². The maximum atomic E-state index is 11.7. The van der Waals surface area contributed by atoms with Gasteiger partial charge in [0.2, 0.25) is 0 Å². The lowest BCUT2D eigenvalue weighted by molar-refractivity contribution is -0.137. The lowest BCUT2D eigenvalue weighted by Gasteiger charge is -2.14. The molecule has 0 saturated heterocycles. The smallest absolute Gasteiger partial charge is 0.303 e. The summed E-state index contributed by atoms with van der Waals surface area (Å²) < 4.78 is 5.47. The van der Waals surface area contributed by atoms with E-state index in [1.165, 1.54) is 0 Å². The molecular weight excluding hydrogens is 270 g/mol. The van der Waals surface area contributed by atoms with Crippen LogP contribution in [0.15, 0.2) is 18.2 Å². The predicted molar refractivity (Wildman–Crippen MR) is 80.5 cm³/mol. The van der Waals surface area contributed by atoms with E-state index >= 15 is 0 Å². The van der Waals surface area contributed by atoms with Crippen LogP contribution in [0, 0.1) is 13.8 Å². The Morgan fingerprint density at radius 3 is 2.43 bits per heavy atom. The van der Waals surface area contributed by atoms with Crippen LogP contribution < -0.4 is 10.1 Å². The maximum absolute atomic E-state index is 11.7. The number of carbonyl (C=O) groups is 2. The van der Waals surface area contributed by atoms with E-state index in [2.05, 4.69) is 5.32 Å². The van der Waals surface area contributed by atoms with Crippen molar-refractivity contribution in [3.05, 3.63) is 29.3 Å². The van der Waals surface area contributed by atoms with Gasteiger partial charge in [-0.05, 0) is 56.9 Å². The second-order valence-electron chi connectivity index (χ2n) is 5.37. The summed E-state index contributed by atoms with van der Waals surface area (Å²) in [6.07, 6.45) is 1.32. The Morgan fingerprint density at radius 1 is 1.24 bits per heavy atom. The van der Waals surface area contributed by atoms with Crippen molar-refractivity contribution < 1.29 is 19.4 Å². The standard InChI is InChI=1S/C16H23NO4/c1-11-7-12(2)9-14(8-11)21-10-15(18)17-13(3)5-4-6-16(19)20/h7-9,13H,4-6,10H2,1-3H3,(H,17,18)(H,19,20). The SMILES string of the molecule is Cc1cc(C)cc(OCC(=O)NC(C)CCCC(=O)O)c1. The lowest BCUT2D eigenvalue weighted by Crippen LogP contribution is -2.36. The molecule has 21 heavy (non-hydrogen) atoms. The summed E-state index contributed by atoms with van der Waals surface area (Å²) >= 11 is 0. The number of ether oxygens (including phenoxy) is 1. The average molecular weight is 293 g/mol. The summed E-state index contributed by atoms with van der Waals surface area (Å²) in [4.78, 5) is 22.2. The Balaban J connectivity index is 2.31. The molecule has 1 unspecified atom stereocenters. The Morgan fingerprint density at radius 2 is 1.86 bits per heavy atom. The molecular formula is C16H23NO4. The molecule has 0 saturated carbocycles. The van der Waals surface area contributed by atoms with Gasteiger partial charge in [-0.1, -0.05) is 6.07 Å². The van der Waals surface area contributed by atoms with Gasteiger partial charge in [0, 0.05) is 12.5 Å². The van der Waals surface area contributed by atoms with Gasteiger partial charge in [-0.25, -0.2) is 0 Å². The lowest BCUT2D eigenvalue weighted by atomic mass is 10.1. The van der Waals surface area contributed by atoms with Crippen LogP contribution in [0.1, 0.15) is 37.3 Å². The summed E-state index contributed by atoms with van der Waals surface area (Å²) in [6.45, 7) is 5.78. The number of hydrogen-bond donors (Lipinski definition) is 2. The fourth-order valence-corrected chi connectivity index (χ4v) is 2.11. The molecule has 1 aromatic rings. The highest BCUT2D eigenvalue weighted by atomic mass is 16.5. The number of benzene rings is 1. The molecule has 1 amide bonds. The van der Waals surface area contributed by atoms with E-state index in [1.807, 2.05) is 39.0 Å². The van der Waals surface area contributed by atoms with Crippen molar-refractivity contribution in [3.8, 4) is 5.75 Å². The minimum Gasteiger partial charge on any atom is -0.484 e. The third kappa shape index (κ3) is 7.34. The number of rotatable bonds is 8. The fraction of sp³-hybridized carbons (Fsp3) is 0.500. The first kappa shape index (κ1) is 17.0. The number of aryl methyl sites for hydroxylation is 2. The second kappa shape index (κ2) is 8.29. The van der Waals surface area contributed by atoms with E-state index in [0.29, 0.717) is 18.6 Å². The predicted octanol–water partition coefficient (Wildman–Crippen LogP) is 2.44. The third-order valence-corrected chi connectivity index (χ3v) is 3.00. The number of carbonyl (C=O) groups excluding carboxylic acids is 1. The van der Waals surface area contributed by atoms with E-state index < -0.39 is 5.97 Å². The van der Waals surface area contributed by atoms with Crippen molar-refractivity contribution in [1.29, 1.82) is 0 Å². The average Bonchev–Trinajstić information content (AvgIpc) is 2.34. The number of carboxylic acids is 1. The normalized spacial score (nSPS) is 11.8. The number of nitrogens with one attached hydrogen (secondary N) is 1. The molecule has 0 aliphatic rings. The molecule has 5 heteroatoms. The second-order valence-corrected chi connectivity index (χ2v) is 5.37. The van der Waals surface area contributed by atoms with Gasteiger partial charge >= 0.3 is 5.97 Å².